The van der Waals surface area contributed by atoms with Crippen molar-refractivity contribution in [2.24, 2.45) is 0 Å². The molecule has 2 aromatic carbocycles. The molecular formula is C33H48O3Si. The lowest BCUT2D eigenvalue weighted by molar-refractivity contribution is -0.142. The van der Waals surface area contributed by atoms with Gasteiger partial charge in [-0.3, -0.25) is 0 Å². The number of benzene rings is 2. The lowest BCUT2D eigenvalue weighted by Crippen LogP contribution is -2.68. The Balaban J connectivity index is 1.76. The molecule has 0 saturated carbocycles. The summed E-state index contributed by atoms with van der Waals surface area (Å²) in [6.45, 7) is 9.17. The molecule has 0 saturated heterocycles. The highest BCUT2D eigenvalue weighted by molar-refractivity contribution is 6.99. The zero-order chi connectivity index (χ0) is 26.6. The third-order valence-electron chi connectivity index (χ3n) is 7.63. The summed E-state index contributed by atoms with van der Waals surface area (Å²) < 4.78 is 13.1. The van der Waals surface area contributed by atoms with Crippen molar-refractivity contribution in [2.45, 2.75) is 116 Å². The minimum absolute atomic E-state index is 0.113. The minimum atomic E-state index is -2.72. The predicted molar refractivity (Wildman–Crippen MR) is 158 cm³/mol. The molecule has 4 heteroatoms. The molecule has 1 heterocycles. The fourth-order valence-corrected chi connectivity index (χ4v) is 10.3. The maximum atomic E-state index is 12.0. The number of cyclic esters (lactones) is 1. The molecule has 1 aliphatic rings. The summed E-state index contributed by atoms with van der Waals surface area (Å²) in [7, 11) is -2.72. The van der Waals surface area contributed by atoms with E-state index in [-0.39, 0.29) is 23.2 Å². The molecule has 0 aromatic heterocycles. The SMILES string of the molecule is CCCCCCCCCCCC[C@H](O[Si](c1ccccc1)(c1ccccc1)C(C)(C)C)[C@@H]1C=CC(=O)O1. The van der Waals surface area contributed by atoms with Crippen LogP contribution in [0.15, 0.2) is 72.8 Å². The normalized spacial score (nSPS) is 16.6. The largest absolute Gasteiger partial charge is 0.452 e. The number of rotatable bonds is 16. The first-order valence-corrected chi connectivity index (χ1v) is 16.5. The number of hydrogen-bond acceptors (Lipinski definition) is 3. The van der Waals surface area contributed by atoms with Crippen LogP contribution in [0.4, 0.5) is 0 Å². The number of esters is 1. The molecule has 0 fully saturated rings. The van der Waals surface area contributed by atoms with Crippen LogP contribution < -0.4 is 10.4 Å². The fourth-order valence-electron chi connectivity index (χ4n) is 5.63. The molecule has 0 radical (unpaired) electrons. The molecule has 0 unspecified atom stereocenters. The molecule has 3 rings (SSSR count). The molecule has 202 valence electrons. The Kier molecular flexibility index (Phi) is 11.7. The third kappa shape index (κ3) is 8.15. The van der Waals surface area contributed by atoms with Gasteiger partial charge in [0.05, 0.1) is 6.10 Å². The smallest absolute Gasteiger partial charge is 0.331 e. The monoisotopic (exact) mass is 520 g/mol. The van der Waals surface area contributed by atoms with E-state index < -0.39 is 8.32 Å². The molecule has 2 aromatic rings. The maximum absolute atomic E-state index is 12.0. The van der Waals surface area contributed by atoms with Gasteiger partial charge in [0.2, 0.25) is 0 Å². The molecule has 1 aliphatic heterocycles. The first-order chi connectivity index (χ1) is 17.9. The second-order valence-corrected chi connectivity index (χ2v) is 15.8. The summed E-state index contributed by atoms with van der Waals surface area (Å²) in [4.78, 5) is 12.0. The standard InChI is InChI=1S/C33H48O3Si/c1-5-6-7-8-9-10-11-12-13-20-25-31(30-26-27-32(34)35-30)36-37(33(2,3)4,28-21-16-14-17-22-28)29-23-18-15-19-24-29/h14-19,21-24,26-27,30-31H,5-13,20,25H2,1-4H3/t30-,31-/m0/s1. The Morgan fingerprint density at radius 1 is 0.784 bits per heavy atom. The van der Waals surface area contributed by atoms with Crippen molar-refractivity contribution < 1.29 is 14.0 Å². The summed E-state index contributed by atoms with van der Waals surface area (Å²) in [5.41, 5.74) is 0. The van der Waals surface area contributed by atoms with Crippen LogP contribution in [0, 0.1) is 0 Å². The second-order valence-electron chi connectivity index (χ2n) is 11.6. The van der Waals surface area contributed by atoms with Crippen LogP contribution in [0.5, 0.6) is 0 Å². The maximum Gasteiger partial charge on any atom is 0.331 e. The summed E-state index contributed by atoms with van der Waals surface area (Å²) in [6, 6.07) is 21.5. The van der Waals surface area contributed by atoms with Gasteiger partial charge in [-0.15, -0.1) is 0 Å². The van der Waals surface area contributed by atoms with Gasteiger partial charge >= 0.3 is 5.97 Å². The average Bonchev–Trinajstić information content (AvgIpc) is 3.33. The average molecular weight is 521 g/mol. The molecular weight excluding hydrogens is 472 g/mol. The van der Waals surface area contributed by atoms with Crippen molar-refractivity contribution in [2.75, 3.05) is 0 Å². The Bertz CT molecular complexity index is 909. The quantitative estimate of drug-likeness (QED) is 0.129. The van der Waals surface area contributed by atoms with Crippen LogP contribution in [0.3, 0.4) is 0 Å². The van der Waals surface area contributed by atoms with Crippen molar-refractivity contribution in [1.29, 1.82) is 0 Å². The molecule has 37 heavy (non-hydrogen) atoms. The van der Waals surface area contributed by atoms with Gasteiger partial charge in [-0.25, -0.2) is 4.79 Å². The molecule has 3 nitrogen and oxygen atoms in total. The van der Waals surface area contributed by atoms with Crippen LogP contribution >= 0.6 is 0 Å². The Labute approximate surface area is 226 Å². The number of ether oxygens (including phenoxy) is 1. The fraction of sp³-hybridized carbons (Fsp3) is 0.545. The van der Waals surface area contributed by atoms with E-state index in [9.17, 15) is 4.79 Å². The number of unbranched alkanes of at least 4 members (excludes halogenated alkanes) is 9. The van der Waals surface area contributed by atoms with E-state index in [1.807, 2.05) is 6.08 Å². The number of carbonyl (C=O) groups is 1. The van der Waals surface area contributed by atoms with Crippen LogP contribution in [0.25, 0.3) is 0 Å². The number of hydrogen-bond donors (Lipinski definition) is 0. The van der Waals surface area contributed by atoms with E-state index in [4.69, 9.17) is 9.16 Å². The van der Waals surface area contributed by atoms with E-state index >= 15 is 0 Å². The minimum Gasteiger partial charge on any atom is -0.452 e. The lowest BCUT2D eigenvalue weighted by atomic mass is 10.0. The third-order valence-corrected chi connectivity index (χ3v) is 12.7. The van der Waals surface area contributed by atoms with Crippen molar-refractivity contribution in [1.82, 2.24) is 0 Å². The highest BCUT2D eigenvalue weighted by Gasteiger charge is 2.52. The second kappa shape index (κ2) is 14.7. The van der Waals surface area contributed by atoms with Crippen molar-refractivity contribution in [3.63, 3.8) is 0 Å². The molecule has 0 aliphatic carbocycles. The topological polar surface area (TPSA) is 35.5 Å². The highest BCUT2D eigenvalue weighted by Crippen LogP contribution is 2.39. The van der Waals surface area contributed by atoms with E-state index in [1.165, 1.54) is 68.2 Å². The van der Waals surface area contributed by atoms with Gasteiger partial charge < -0.3 is 9.16 Å². The van der Waals surface area contributed by atoms with Gasteiger partial charge in [-0.1, -0.05) is 153 Å². The Hall–Kier alpha value is -2.17. The molecule has 0 bridgehead atoms. The number of carbonyl (C=O) groups excluding carboxylic acids is 1. The van der Waals surface area contributed by atoms with Crippen LogP contribution in [-0.2, 0) is 14.0 Å². The zero-order valence-corrected chi connectivity index (χ0v) is 24.6. The van der Waals surface area contributed by atoms with E-state index in [1.54, 1.807) is 6.08 Å². The van der Waals surface area contributed by atoms with Crippen molar-refractivity contribution in [3.8, 4) is 0 Å². The van der Waals surface area contributed by atoms with Gasteiger partial charge in [0.15, 0.2) is 0 Å². The summed E-state index contributed by atoms with van der Waals surface area (Å²) in [5, 5.41) is 2.41. The van der Waals surface area contributed by atoms with E-state index in [0.717, 1.165) is 12.8 Å². The van der Waals surface area contributed by atoms with Gasteiger partial charge in [0.1, 0.15) is 6.10 Å². The predicted octanol–water partition coefficient (Wildman–Crippen LogP) is 7.72. The zero-order valence-electron chi connectivity index (χ0n) is 23.6. The first kappa shape index (κ1) is 29.4. The summed E-state index contributed by atoms with van der Waals surface area (Å²) >= 11 is 0. The molecule has 2 atom stereocenters. The van der Waals surface area contributed by atoms with Gasteiger partial charge in [-0.2, -0.15) is 0 Å². The van der Waals surface area contributed by atoms with Crippen LogP contribution in [-0.4, -0.2) is 26.5 Å². The van der Waals surface area contributed by atoms with E-state index in [2.05, 4.69) is 88.4 Å². The van der Waals surface area contributed by atoms with Gasteiger partial charge in [-0.05, 0) is 27.9 Å². The van der Waals surface area contributed by atoms with Crippen molar-refractivity contribution in [3.05, 3.63) is 72.8 Å². The van der Waals surface area contributed by atoms with Crippen molar-refractivity contribution >= 4 is 24.7 Å². The molecule has 0 spiro atoms. The Morgan fingerprint density at radius 2 is 1.27 bits per heavy atom. The molecule has 0 N–H and O–H groups in total. The van der Waals surface area contributed by atoms with Gasteiger partial charge in [0.25, 0.3) is 8.32 Å². The van der Waals surface area contributed by atoms with E-state index in [0.29, 0.717) is 0 Å². The molecule has 0 amide bonds. The van der Waals surface area contributed by atoms with Crippen LogP contribution in [0.2, 0.25) is 5.04 Å². The highest BCUT2D eigenvalue weighted by atomic mass is 28.4. The summed E-state index contributed by atoms with van der Waals surface area (Å²) in [5.74, 6) is -0.260. The summed E-state index contributed by atoms with van der Waals surface area (Å²) in [6.07, 6.45) is 16.9. The van der Waals surface area contributed by atoms with Crippen LogP contribution in [0.1, 0.15) is 98.3 Å². The Morgan fingerprint density at radius 3 is 1.70 bits per heavy atom. The first-order valence-electron chi connectivity index (χ1n) is 14.6. The lowest BCUT2D eigenvalue weighted by Gasteiger charge is -2.45. The van der Waals surface area contributed by atoms with Gasteiger partial charge in [0, 0.05) is 6.08 Å².